The van der Waals surface area contributed by atoms with Crippen LogP contribution in [-0.2, 0) is 0 Å². The van der Waals surface area contributed by atoms with Crippen LogP contribution in [0.1, 0.15) is 13.3 Å². The molecule has 1 heterocycles. The molecule has 1 aromatic heterocycles. The van der Waals surface area contributed by atoms with Crippen molar-refractivity contribution >= 4 is 44.8 Å². The van der Waals surface area contributed by atoms with Crippen molar-refractivity contribution < 1.29 is 0 Å². The predicted molar refractivity (Wildman–Crippen MR) is 58.9 cm³/mol. The zero-order chi connectivity index (χ0) is 8.81. The molecule has 0 aliphatic heterocycles. The molecule has 0 aliphatic carbocycles. The Bertz CT molecular complexity index is 234. The quantitative estimate of drug-likeness (QED) is 0.790. The third kappa shape index (κ3) is 3.46. The number of thioether (sulfide) groups is 1. The van der Waals surface area contributed by atoms with E-state index in [0.29, 0.717) is 0 Å². The molecule has 0 radical (unpaired) electrons. The average molecular weight is 219 g/mol. The van der Waals surface area contributed by atoms with E-state index >= 15 is 0 Å². The highest BCUT2D eigenvalue weighted by atomic mass is 32.2. The van der Waals surface area contributed by atoms with Gasteiger partial charge in [-0.1, -0.05) is 42.2 Å². The summed E-state index contributed by atoms with van der Waals surface area (Å²) in [5, 5.41) is 11.3. The standard InChI is InChI=1S/C6H9N3S3/c1-2-3-11-6(10)8-5-9-7-4-12-5/h4H,2-3H2,1H3,(H,8,9,10). The Morgan fingerprint density at radius 2 is 2.67 bits per heavy atom. The Hall–Kier alpha value is -0.200. The van der Waals surface area contributed by atoms with Crippen LogP contribution in [0.4, 0.5) is 5.13 Å². The van der Waals surface area contributed by atoms with E-state index in [1.54, 1.807) is 17.3 Å². The maximum atomic E-state index is 5.06. The second kappa shape index (κ2) is 5.45. The van der Waals surface area contributed by atoms with Crippen molar-refractivity contribution in [3.8, 4) is 0 Å². The summed E-state index contributed by atoms with van der Waals surface area (Å²) in [6.45, 7) is 2.13. The minimum atomic E-state index is 0.767. The summed E-state index contributed by atoms with van der Waals surface area (Å²) in [6.07, 6.45) is 1.13. The van der Waals surface area contributed by atoms with Gasteiger partial charge in [-0.05, 0) is 12.2 Å². The van der Waals surface area contributed by atoms with Gasteiger partial charge < -0.3 is 5.32 Å². The Morgan fingerprint density at radius 3 is 3.25 bits per heavy atom. The van der Waals surface area contributed by atoms with Crippen molar-refractivity contribution in [3.63, 3.8) is 0 Å². The number of thiocarbonyl (C=S) groups is 1. The first-order valence-electron chi connectivity index (χ1n) is 3.53. The summed E-state index contributed by atoms with van der Waals surface area (Å²) in [5.74, 6) is 1.05. The maximum absolute atomic E-state index is 5.06. The van der Waals surface area contributed by atoms with E-state index in [9.17, 15) is 0 Å². The van der Waals surface area contributed by atoms with Gasteiger partial charge in [0, 0.05) is 0 Å². The van der Waals surface area contributed by atoms with Crippen molar-refractivity contribution in [2.24, 2.45) is 0 Å². The summed E-state index contributed by atoms with van der Waals surface area (Å²) in [6, 6.07) is 0. The van der Waals surface area contributed by atoms with Crippen LogP contribution < -0.4 is 5.32 Å². The highest BCUT2D eigenvalue weighted by Gasteiger charge is 1.99. The molecule has 6 heteroatoms. The molecule has 66 valence electrons. The van der Waals surface area contributed by atoms with E-state index in [-0.39, 0.29) is 0 Å². The van der Waals surface area contributed by atoms with Gasteiger partial charge in [0.1, 0.15) is 9.83 Å². The molecule has 0 unspecified atom stereocenters. The number of hydrogen-bond donors (Lipinski definition) is 1. The van der Waals surface area contributed by atoms with Gasteiger partial charge in [-0.2, -0.15) is 0 Å². The van der Waals surface area contributed by atoms with Crippen LogP contribution in [0.25, 0.3) is 0 Å². The van der Waals surface area contributed by atoms with Crippen LogP contribution in [0.5, 0.6) is 0 Å². The van der Waals surface area contributed by atoms with Crippen molar-refractivity contribution in [1.82, 2.24) is 10.2 Å². The SMILES string of the molecule is CCCSC(=S)Nc1nncs1. The van der Waals surface area contributed by atoms with Crippen molar-refractivity contribution in [3.05, 3.63) is 5.51 Å². The summed E-state index contributed by atoms with van der Waals surface area (Å²) >= 11 is 8.14. The van der Waals surface area contributed by atoms with E-state index < -0.39 is 0 Å². The minimum Gasteiger partial charge on any atom is -0.316 e. The molecule has 1 rings (SSSR count). The second-order valence-corrected chi connectivity index (χ2v) is 4.61. The van der Waals surface area contributed by atoms with Crippen molar-refractivity contribution in [2.75, 3.05) is 11.1 Å². The highest BCUT2D eigenvalue weighted by Crippen LogP contribution is 2.13. The van der Waals surface area contributed by atoms with Crippen molar-refractivity contribution in [1.29, 1.82) is 0 Å². The number of anilines is 1. The molecular formula is C6H9N3S3. The Kier molecular flexibility index (Phi) is 4.49. The van der Waals surface area contributed by atoms with Gasteiger partial charge >= 0.3 is 0 Å². The first-order chi connectivity index (χ1) is 5.83. The molecular weight excluding hydrogens is 210 g/mol. The molecule has 0 aliphatic rings. The van der Waals surface area contributed by atoms with E-state index in [2.05, 4.69) is 22.4 Å². The van der Waals surface area contributed by atoms with Gasteiger partial charge in [-0.15, -0.1) is 10.2 Å². The molecule has 0 bridgehead atoms. The number of hydrogen-bond acceptors (Lipinski definition) is 5. The van der Waals surface area contributed by atoms with E-state index in [1.165, 1.54) is 11.3 Å². The van der Waals surface area contributed by atoms with Crippen molar-refractivity contribution in [2.45, 2.75) is 13.3 Å². The van der Waals surface area contributed by atoms with E-state index in [1.807, 2.05) is 0 Å². The number of rotatable bonds is 3. The molecule has 0 spiro atoms. The predicted octanol–water partition coefficient (Wildman–Crippen LogP) is 2.38. The number of nitrogens with one attached hydrogen (secondary N) is 1. The molecule has 12 heavy (non-hydrogen) atoms. The number of nitrogens with zero attached hydrogens (tertiary/aromatic N) is 2. The summed E-state index contributed by atoms with van der Waals surface area (Å²) in [5.41, 5.74) is 1.68. The lowest BCUT2D eigenvalue weighted by molar-refractivity contribution is 1.10. The van der Waals surface area contributed by atoms with Crippen LogP contribution >= 0.6 is 35.3 Å². The first kappa shape index (κ1) is 9.88. The highest BCUT2D eigenvalue weighted by molar-refractivity contribution is 8.23. The fourth-order valence-electron chi connectivity index (χ4n) is 0.546. The lowest BCUT2D eigenvalue weighted by atomic mass is 10.6. The lowest BCUT2D eigenvalue weighted by Gasteiger charge is -2.00. The molecule has 0 amide bonds. The fraction of sp³-hybridized carbons (Fsp3) is 0.500. The molecule has 0 aromatic carbocycles. The third-order valence-corrected chi connectivity index (χ3v) is 3.05. The molecule has 0 saturated heterocycles. The van der Waals surface area contributed by atoms with Gasteiger partial charge in [0.2, 0.25) is 5.13 Å². The van der Waals surface area contributed by atoms with Gasteiger partial charge in [0.15, 0.2) is 0 Å². The molecule has 0 atom stereocenters. The largest absolute Gasteiger partial charge is 0.316 e. The Balaban J connectivity index is 2.27. The van der Waals surface area contributed by atoms with Gasteiger partial charge in [0.25, 0.3) is 0 Å². The van der Waals surface area contributed by atoms with Crippen LogP contribution in [-0.4, -0.2) is 20.3 Å². The molecule has 3 nitrogen and oxygen atoms in total. The van der Waals surface area contributed by atoms with Crippen LogP contribution in [0.2, 0.25) is 0 Å². The second-order valence-electron chi connectivity index (χ2n) is 2.00. The van der Waals surface area contributed by atoms with E-state index in [0.717, 1.165) is 21.6 Å². The zero-order valence-electron chi connectivity index (χ0n) is 6.61. The third-order valence-electron chi connectivity index (χ3n) is 1.01. The van der Waals surface area contributed by atoms with Gasteiger partial charge in [-0.3, -0.25) is 0 Å². The van der Waals surface area contributed by atoms with Crippen LogP contribution in [0, 0.1) is 0 Å². The fourth-order valence-corrected chi connectivity index (χ4v) is 2.03. The van der Waals surface area contributed by atoms with Crippen LogP contribution in [0.3, 0.4) is 0 Å². The molecule has 1 N–H and O–H groups in total. The monoisotopic (exact) mass is 219 g/mol. The molecule has 0 fully saturated rings. The van der Waals surface area contributed by atoms with Crippen LogP contribution in [0.15, 0.2) is 5.51 Å². The summed E-state index contributed by atoms with van der Waals surface area (Å²) in [7, 11) is 0. The normalized spacial score (nSPS) is 9.75. The maximum Gasteiger partial charge on any atom is 0.210 e. The van der Waals surface area contributed by atoms with E-state index in [4.69, 9.17) is 12.2 Å². The average Bonchev–Trinajstić information content (AvgIpc) is 2.53. The lowest BCUT2D eigenvalue weighted by Crippen LogP contribution is -2.04. The summed E-state index contributed by atoms with van der Waals surface area (Å²) < 4.78 is 0.772. The topological polar surface area (TPSA) is 37.8 Å². The molecule has 0 saturated carbocycles. The number of aromatic nitrogens is 2. The Labute approximate surface area is 85.0 Å². The zero-order valence-corrected chi connectivity index (χ0v) is 9.06. The molecule has 1 aromatic rings. The summed E-state index contributed by atoms with van der Waals surface area (Å²) in [4.78, 5) is 0. The smallest absolute Gasteiger partial charge is 0.210 e. The van der Waals surface area contributed by atoms with Gasteiger partial charge in [0.05, 0.1) is 0 Å². The van der Waals surface area contributed by atoms with Gasteiger partial charge in [-0.25, -0.2) is 0 Å². The Morgan fingerprint density at radius 1 is 1.83 bits per heavy atom. The first-order valence-corrected chi connectivity index (χ1v) is 5.80. The minimum absolute atomic E-state index is 0.767.